The summed E-state index contributed by atoms with van der Waals surface area (Å²) in [4.78, 5) is 23.1. The Morgan fingerprint density at radius 1 is 1.31 bits per heavy atom. The van der Waals surface area contributed by atoms with E-state index in [0.717, 1.165) is 55.8 Å². The lowest BCUT2D eigenvalue weighted by Gasteiger charge is -2.34. The SMILES string of the molecule is C=N/C(=C\N=C/C)c1ccc(C(CC2CC2)NC(=O)N(O)C2CCN(C)CC2)c(Cl)c1Cl. The largest absolute Gasteiger partial charge is 0.341 e. The monoisotopic (exact) mass is 479 g/mol. The van der Waals surface area contributed by atoms with Crippen molar-refractivity contribution >= 4 is 47.9 Å². The molecular weight excluding hydrogens is 449 g/mol. The minimum absolute atomic E-state index is 0.195. The first-order chi connectivity index (χ1) is 15.3. The number of carbonyl (C=O) groups excluding carboxylic acids is 1. The number of hydrogen-bond acceptors (Lipinski definition) is 5. The van der Waals surface area contributed by atoms with Crippen molar-refractivity contribution in [3.8, 4) is 0 Å². The van der Waals surface area contributed by atoms with Gasteiger partial charge in [-0.3, -0.25) is 15.2 Å². The molecule has 32 heavy (non-hydrogen) atoms. The number of likely N-dealkylation sites (tertiary alicyclic amines) is 1. The molecule has 0 aromatic heterocycles. The fourth-order valence-electron chi connectivity index (χ4n) is 3.94. The van der Waals surface area contributed by atoms with Crippen molar-refractivity contribution in [3.63, 3.8) is 0 Å². The molecule has 2 N–H and O–H groups in total. The summed E-state index contributed by atoms with van der Waals surface area (Å²) in [5, 5.41) is 15.1. The van der Waals surface area contributed by atoms with Gasteiger partial charge in [0.2, 0.25) is 0 Å². The van der Waals surface area contributed by atoms with Crippen LogP contribution in [-0.4, -0.2) is 60.3 Å². The fraction of sp³-hybridized carbons (Fsp3) is 0.522. The van der Waals surface area contributed by atoms with Gasteiger partial charge in [-0.05, 0) is 64.5 Å². The third-order valence-corrected chi connectivity index (χ3v) is 6.98. The van der Waals surface area contributed by atoms with Gasteiger partial charge in [-0.15, -0.1) is 0 Å². The van der Waals surface area contributed by atoms with Gasteiger partial charge in [0, 0.05) is 11.8 Å². The van der Waals surface area contributed by atoms with Crippen LogP contribution >= 0.6 is 23.2 Å². The van der Waals surface area contributed by atoms with Crippen LogP contribution in [0.4, 0.5) is 4.79 Å². The zero-order valence-corrected chi connectivity index (χ0v) is 20.1. The van der Waals surface area contributed by atoms with Gasteiger partial charge in [0.1, 0.15) is 0 Å². The number of nitrogens with one attached hydrogen (secondary N) is 1. The van der Waals surface area contributed by atoms with E-state index in [9.17, 15) is 10.0 Å². The van der Waals surface area contributed by atoms with Gasteiger partial charge in [-0.1, -0.05) is 48.2 Å². The van der Waals surface area contributed by atoms with Gasteiger partial charge in [0.05, 0.1) is 34.0 Å². The van der Waals surface area contributed by atoms with Crippen LogP contribution in [0.5, 0.6) is 0 Å². The number of rotatable bonds is 8. The minimum atomic E-state index is -0.507. The summed E-state index contributed by atoms with van der Waals surface area (Å²) in [6.45, 7) is 7.08. The Bertz CT molecular complexity index is 893. The van der Waals surface area contributed by atoms with Gasteiger partial charge in [0.15, 0.2) is 0 Å². The molecule has 1 aliphatic carbocycles. The normalized spacial score (nSPS) is 19.2. The number of benzene rings is 1. The molecule has 1 aromatic carbocycles. The molecule has 0 bridgehead atoms. The van der Waals surface area contributed by atoms with Crippen molar-refractivity contribution < 1.29 is 10.0 Å². The van der Waals surface area contributed by atoms with Crippen molar-refractivity contribution in [1.29, 1.82) is 0 Å². The van der Waals surface area contributed by atoms with E-state index in [-0.39, 0.29) is 12.1 Å². The number of urea groups is 1. The number of halogens is 2. The topological polar surface area (TPSA) is 80.5 Å². The predicted molar refractivity (Wildman–Crippen MR) is 131 cm³/mol. The second-order valence-corrected chi connectivity index (χ2v) is 9.23. The second kappa shape index (κ2) is 11.3. The standard InChI is InChI=1S/C23H31Cl2N5O2/c1-4-27-14-20(26-2)18-8-7-17(21(24)22(18)25)19(13-15-5-6-15)28-23(31)30(32)16-9-11-29(3)12-10-16/h4,7-8,14-16,19,32H,2,5-6,9-13H2,1,3H3,(H,28,31)/b20-14-,27-4-. The second-order valence-electron chi connectivity index (χ2n) is 8.47. The highest BCUT2D eigenvalue weighted by molar-refractivity contribution is 6.43. The van der Waals surface area contributed by atoms with E-state index in [1.807, 2.05) is 19.2 Å². The first-order valence-electron chi connectivity index (χ1n) is 11.0. The lowest BCUT2D eigenvalue weighted by atomic mass is 9.98. The van der Waals surface area contributed by atoms with Crippen LogP contribution < -0.4 is 5.32 Å². The zero-order chi connectivity index (χ0) is 23.3. The Labute approximate surface area is 199 Å². The lowest BCUT2D eigenvalue weighted by Crippen LogP contribution is -2.49. The number of hydrogen-bond donors (Lipinski definition) is 2. The molecular formula is C23H31Cl2N5O2. The molecule has 1 unspecified atom stereocenters. The van der Waals surface area contributed by atoms with Crippen molar-refractivity contribution in [2.45, 2.75) is 51.1 Å². The summed E-state index contributed by atoms with van der Waals surface area (Å²) in [5.74, 6) is 0.523. The van der Waals surface area contributed by atoms with Crippen LogP contribution in [0.3, 0.4) is 0 Å². The van der Waals surface area contributed by atoms with Gasteiger partial charge in [0.25, 0.3) is 0 Å². The van der Waals surface area contributed by atoms with Crippen LogP contribution in [-0.2, 0) is 0 Å². The van der Waals surface area contributed by atoms with Crippen molar-refractivity contribution in [3.05, 3.63) is 39.5 Å². The summed E-state index contributed by atoms with van der Waals surface area (Å²) in [6, 6.07) is 2.61. The zero-order valence-electron chi connectivity index (χ0n) is 18.6. The first-order valence-corrected chi connectivity index (χ1v) is 11.7. The maximum atomic E-state index is 12.9. The van der Waals surface area contributed by atoms with Crippen molar-refractivity contribution in [2.75, 3.05) is 20.1 Å². The number of hydroxylamine groups is 2. The molecule has 1 heterocycles. The third-order valence-electron chi connectivity index (χ3n) is 6.09. The molecule has 174 valence electrons. The molecule has 7 nitrogen and oxygen atoms in total. The molecule has 3 rings (SSSR count). The van der Waals surface area contributed by atoms with Crippen molar-refractivity contribution in [1.82, 2.24) is 15.3 Å². The van der Waals surface area contributed by atoms with E-state index in [1.54, 1.807) is 19.3 Å². The summed E-state index contributed by atoms with van der Waals surface area (Å²) < 4.78 is 0. The van der Waals surface area contributed by atoms with Crippen LogP contribution in [0, 0.1) is 5.92 Å². The maximum absolute atomic E-state index is 12.9. The summed E-state index contributed by atoms with van der Waals surface area (Å²) in [5.41, 5.74) is 1.85. The van der Waals surface area contributed by atoms with E-state index in [0.29, 0.717) is 27.2 Å². The van der Waals surface area contributed by atoms with Crippen LogP contribution in [0.1, 0.15) is 56.2 Å². The number of piperidine rings is 1. The Kier molecular flexibility index (Phi) is 8.71. The third kappa shape index (κ3) is 6.10. The number of amides is 2. The average molecular weight is 480 g/mol. The predicted octanol–water partition coefficient (Wildman–Crippen LogP) is 5.42. The smallest absolute Gasteiger partial charge is 0.329 e. The Hall–Kier alpha value is -1.93. The first kappa shape index (κ1) is 24.7. The molecule has 1 saturated carbocycles. The number of nitrogens with zero attached hydrogens (tertiary/aromatic N) is 4. The molecule has 0 spiro atoms. The fourth-order valence-corrected chi connectivity index (χ4v) is 4.51. The maximum Gasteiger partial charge on any atom is 0.341 e. The lowest BCUT2D eigenvalue weighted by molar-refractivity contribution is -0.0921. The molecule has 1 atom stereocenters. The van der Waals surface area contributed by atoms with E-state index >= 15 is 0 Å². The Morgan fingerprint density at radius 2 is 2.00 bits per heavy atom. The summed E-state index contributed by atoms with van der Waals surface area (Å²) in [7, 11) is 2.04. The Balaban J connectivity index is 1.81. The highest BCUT2D eigenvalue weighted by Crippen LogP contribution is 2.42. The van der Waals surface area contributed by atoms with E-state index in [2.05, 4.69) is 26.9 Å². The molecule has 1 aromatic rings. The van der Waals surface area contributed by atoms with E-state index in [1.165, 1.54) is 0 Å². The highest BCUT2D eigenvalue weighted by Gasteiger charge is 2.32. The molecule has 0 radical (unpaired) electrons. The summed E-state index contributed by atoms with van der Waals surface area (Å²) >= 11 is 13.3. The van der Waals surface area contributed by atoms with E-state index < -0.39 is 6.03 Å². The molecule has 2 fully saturated rings. The highest BCUT2D eigenvalue weighted by atomic mass is 35.5. The summed E-state index contributed by atoms with van der Waals surface area (Å²) in [6.07, 6.45) is 7.66. The Morgan fingerprint density at radius 3 is 2.59 bits per heavy atom. The van der Waals surface area contributed by atoms with E-state index in [4.69, 9.17) is 23.2 Å². The molecule has 2 amide bonds. The van der Waals surface area contributed by atoms with Gasteiger partial charge in [-0.25, -0.2) is 9.86 Å². The van der Waals surface area contributed by atoms with Crippen molar-refractivity contribution in [2.24, 2.45) is 15.9 Å². The molecule has 1 aliphatic heterocycles. The molecule has 9 heteroatoms. The van der Waals surface area contributed by atoms with Crippen LogP contribution in [0.25, 0.3) is 5.70 Å². The molecule has 2 aliphatic rings. The van der Waals surface area contributed by atoms with Gasteiger partial charge < -0.3 is 10.2 Å². The van der Waals surface area contributed by atoms with Gasteiger partial charge >= 0.3 is 6.03 Å². The number of carbonyl (C=O) groups is 1. The molecule has 1 saturated heterocycles. The van der Waals surface area contributed by atoms with Crippen LogP contribution in [0.2, 0.25) is 10.0 Å². The van der Waals surface area contributed by atoms with Crippen LogP contribution in [0.15, 0.2) is 28.3 Å². The van der Waals surface area contributed by atoms with Gasteiger partial charge in [-0.2, -0.15) is 0 Å². The number of aliphatic imine (C=N–C) groups is 2. The quantitative estimate of drug-likeness (QED) is 0.296. The average Bonchev–Trinajstić information content (AvgIpc) is 3.60. The minimum Gasteiger partial charge on any atom is -0.329 e.